The summed E-state index contributed by atoms with van der Waals surface area (Å²) in [4.78, 5) is 13.8. The number of carbonyl (C=O) groups excluding carboxylic acids is 1. The summed E-state index contributed by atoms with van der Waals surface area (Å²) in [6, 6.07) is 0. The quantitative estimate of drug-likeness (QED) is 0.751. The van der Waals surface area contributed by atoms with Gasteiger partial charge < -0.3 is 9.64 Å². The first-order valence-corrected chi connectivity index (χ1v) is 9.48. The lowest BCUT2D eigenvalue weighted by Gasteiger charge is -2.42. The molecule has 2 aliphatic rings. The summed E-state index contributed by atoms with van der Waals surface area (Å²) in [5.41, 5.74) is -0.354. The van der Waals surface area contributed by atoms with Gasteiger partial charge >= 0.3 is 0 Å². The number of carbonyl (C=O) groups is 1. The van der Waals surface area contributed by atoms with Gasteiger partial charge in [0.2, 0.25) is 15.9 Å². The number of piperidine rings is 1. The van der Waals surface area contributed by atoms with Crippen molar-refractivity contribution in [3.05, 3.63) is 0 Å². The molecule has 2 fully saturated rings. The van der Waals surface area contributed by atoms with Gasteiger partial charge in [0.1, 0.15) is 0 Å². The van der Waals surface area contributed by atoms with Gasteiger partial charge in [0.05, 0.1) is 19.3 Å². The van der Waals surface area contributed by atoms with E-state index in [1.807, 2.05) is 4.90 Å². The first kappa shape index (κ1) is 16.7. The Kier molecular flexibility index (Phi) is 5.27. The number of sulfonamides is 1. The Balaban J connectivity index is 1.94. The number of methoxy groups -OCH3 is 1. The van der Waals surface area contributed by atoms with Gasteiger partial charge in [0, 0.05) is 25.7 Å². The summed E-state index contributed by atoms with van der Waals surface area (Å²) in [6.45, 7) is 1.68. The van der Waals surface area contributed by atoms with Crippen LogP contribution in [0.25, 0.3) is 0 Å². The van der Waals surface area contributed by atoms with E-state index in [4.69, 9.17) is 4.74 Å². The van der Waals surface area contributed by atoms with Gasteiger partial charge in [-0.3, -0.25) is 4.79 Å². The zero-order chi connectivity index (χ0) is 15.5. The van der Waals surface area contributed by atoms with Crippen LogP contribution in [0.1, 0.15) is 38.5 Å². The second-order valence-corrected chi connectivity index (χ2v) is 8.17. The number of nitrogens with zero attached hydrogens (tertiary/aromatic N) is 1. The van der Waals surface area contributed by atoms with E-state index in [1.165, 1.54) is 19.1 Å². The Labute approximate surface area is 127 Å². The Bertz CT molecular complexity index is 465. The number of hydrogen-bond donors (Lipinski definition) is 1. The van der Waals surface area contributed by atoms with Crippen molar-refractivity contribution in [1.29, 1.82) is 0 Å². The third-order valence-corrected chi connectivity index (χ3v) is 5.18. The molecular weight excluding hydrogens is 292 g/mol. The highest BCUT2D eigenvalue weighted by Gasteiger charge is 2.41. The normalized spacial score (nSPS) is 22.3. The lowest BCUT2D eigenvalue weighted by molar-refractivity contribution is -0.133. The van der Waals surface area contributed by atoms with E-state index in [9.17, 15) is 13.2 Å². The van der Waals surface area contributed by atoms with Gasteiger partial charge in [-0.15, -0.1) is 0 Å². The fourth-order valence-electron chi connectivity index (χ4n) is 3.15. The molecule has 0 aromatic heterocycles. The number of ether oxygens (including phenoxy) is 1. The second-order valence-electron chi connectivity index (χ2n) is 6.43. The summed E-state index contributed by atoms with van der Waals surface area (Å²) in [5.74, 6) is 0.742. The molecule has 1 aliphatic heterocycles. The van der Waals surface area contributed by atoms with E-state index in [0.717, 1.165) is 6.42 Å². The number of amides is 1. The second kappa shape index (κ2) is 6.62. The van der Waals surface area contributed by atoms with E-state index in [-0.39, 0.29) is 11.4 Å². The molecule has 1 heterocycles. The van der Waals surface area contributed by atoms with Gasteiger partial charge in [0.15, 0.2) is 0 Å². The maximum Gasteiger partial charge on any atom is 0.224 e. The molecule has 0 radical (unpaired) electrons. The topological polar surface area (TPSA) is 75.7 Å². The zero-order valence-corrected chi connectivity index (χ0v) is 13.7. The van der Waals surface area contributed by atoms with Crippen LogP contribution < -0.4 is 4.72 Å². The summed E-state index contributed by atoms with van der Waals surface area (Å²) in [7, 11) is -1.64. The summed E-state index contributed by atoms with van der Waals surface area (Å²) >= 11 is 0. The molecule has 0 aromatic rings. The van der Waals surface area contributed by atoms with Gasteiger partial charge in [-0.25, -0.2) is 13.1 Å². The van der Waals surface area contributed by atoms with Crippen LogP contribution in [0.5, 0.6) is 0 Å². The van der Waals surface area contributed by atoms with E-state index >= 15 is 0 Å². The van der Waals surface area contributed by atoms with Crippen LogP contribution in [-0.2, 0) is 19.6 Å². The van der Waals surface area contributed by atoms with Gasteiger partial charge in [-0.2, -0.15) is 0 Å². The molecule has 1 saturated heterocycles. The molecule has 1 N–H and O–H groups in total. The third-order valence-electron chi connectivity index (χ3n) is 4.37. The van der Waals surface area contributed by atoms with Crippen LogP contribution in [0.3, 0.4) is 0 Å². The average molecular weight is 318 g/mol. The number of nitrogens with one attached hydrogen (secondary N) is 1. The highest BCUT2D eigenvalue weighted by molar-refractivity contribution is 7.88. The Hall–Kier alpha value is -0.660. The largest absolute Gasteiger partial charge is 0.384 e. The highest BCUT2D eigenvalue weighted by atomic mass is 32.2. The molecule has 21 heavy (non-hydrogen) atoms. The Morgan fingerprint density at radius 2 is 1.95 bits per heavy atom. The lowest BCUT2D eigenvalue weighted by Crippen LogP contribution is -2.56. The van der Waals surface area contributed by atoms with Crippen molar-refractivity contribution in [2.24, 2.45) is 5.92 Å². The summed E-state index contributed by atoms with van der Waals surface area (Å²) in [6.07, 6.45) is 6.32. The molecule has 122 valence electrons. The van der Waals surface area contributed by atoms with Crippen LogP contribution in [-0.4, -0.2) is 57.8 Å². The molecule has 0 spiro atoms. The molecule has 0 aromatic carbocycles. The average Bonchev–Trinajstić information content (AvgIpc) is 3.18. The monoisotopic (exact) mass is 318 g/mol. The van der Waals surface area contributed by atoms with Crippen LogP contribution in [0.2, 0.25) is 0 Å². The fourth-order valence-corrected chi connectivity index (χ4v) is 4.22. The molecule has 1 aliphatic carbocycles. The van der Waals surface area contributed by atoms with Crippen molar-refractivity contribution in [3.63, 3.8) is 0 Å². The first-order chi connectivity index (χ1) is 9.84. The maximum absolute atomic E-state index is 12.0. The summed E-state index contributed by atoms with van der Waals surface area (Å²) < 4.78 is 31.1. The van der Waals surface area contributed by atoms with E-state index in [1.54, 1.807) is 7.11 Å². The lowest BCUT2D eigenvalue weighted by atomic mass is 9.83. The summed E-state index contributed by atoms with van der Waals surface area (Å²) in [5, 5.41) is 0. The predicted octanol–water partition coefficient (Wildman–Crippen LogP) is 0.733. The van der Waals surface area contributed by atoms with E-state index in [0.29, 0.717) is 44.9 Å². The van der Waals surface area contributed by atoms with Gasteiger partial charge in [-0.05, 0) is 25.2 Å². The third kappa shape index (κ3) is 5.23. The number of likely N-dealkylation sites (tertiary alicyclic amines) is 1. The minimum atomic E-state index is -3.23. The van der Waals surface area contributed by atoms with E-state index in [2.05, 4.69) is 4.72 Å². The minimum absolute atomic E-state index is 0.0937. The van der Waals surface area contributed by atoms with E-state index < -0.39 is 10.0 Å². The molecule has 1 saturated carbocycles. The predicted molar refractivity (Wildman–Crippen MR) is 80.4 cm³/mol. The number of hydrogen-bond acceptors (Lipinski definition) is 4. The van der Waals surface area contributed by atoms with Gasteiger partial charge in [-0.1, -0.05) is 12.8 Å². The van der Waals surface area contributed by atoms with Crippen molar-refractivity contribution in [2.45, 2.75) is 44.1 Å². The standard InChI is InChI=1S/C14H26N2O4S/c1-20-10-5-13(17)16-8-6-14(7-9-16,11-12-3-4-12)15-21(2,18)19/h12,15H,3-11H2,1-2H3. The van der Waals surface area contributed by atoms with Crippen molar-refractivity contribution in [1.82, 2.24) is 9.62 Å². The molecule has 2 rings (SSSR count). The Morgan fingerprint density at radius 3 is 2.43 bits per heavy atom. The number of rotatable bonds is 7. The smallest absolute Gasteiger partial charge is 0.224 e. The van der Waals surface area contributed by atoms with Crippen molar-refractivity contribution >= 4 is 15.9 Å². The molecule has 7 heteroatoms. The van der Waals surface area contributed by atoms with Crippen molar-refractivity contribution < 1.29 is 17.9 Å². The van der Waals surface area contributed by atoms with Crippen LogP contribution in [0.4, 0.5) is 0 Å². The maximum atomic E-state index is 12.0. The molecule has 6 nitrogen and oxygen atoms in total. The fraction of sp³-hybridized carbons (Fsp3) is 0.929. The first-order valence-electron chi connectivity index (χ1n) is 7.59. The van der Waals surface area contributed by atoms with Gasteiger partial charge in [0.25, 0.3) is 0 Å². The van der Waals surface area contributed by atoms with Crippen LogP contribution >= 0.6 is 0 Å². The molecule has 0 bridgehead atoms. The zero-order valence-electron chi connectivity index (χ0n) is 12.9. The molecule has 0 atom stereocenters. The SMILES string of the molecule is COCCC(=O)N1CCC(CC2CC2)(NS(C)(=O)=O)CC1. The van der Waals surface area contributed by atoms with Crippen molar-refractivity contribution in [3.8, 4) is 0 Å². The molecule has 1 amide bonds. The van der Waals surface area contributed by atoms with Crippen LogP contribution in [0, 0.1) is 5.92 Å². The molecule has 0 unspecified atom stereocenters. The van der Waals surface area contributed by atoms with Crippen LogP contribution in [0.15, 0.2) is 0 Å². The minimum Gasteiger partial charge on any atom is -0.384 e. The highest BCUT2D eigenvalue weighted by Crippen LogP contribution is 2.40. The van der Waals surface area contributed by atoms with Crippen molar-refractivity contribution in [2.75, 3.05) is 33.1 Å². The Morgan fingerprint density at radius 1 is 1.33 bits per heavy atom. The molecular formula is C14H26N2O4S.